The summed E-state index contributed by atoms with van der Waals surface area (Å²) in [6.45, 7) is 8.00. The first kappa shape index (κ1) is 17.0. The Kier molecular flexibility index (Phi) is 5.24. The highest BCUT2D eigenvalue weighted by Crippen LogP contribution is 2.45. The Hall–Kier alpha value is -1.39. The lowest BCUT2D eigenvalue weighted by Gasteiger charge is -2.31. The number of carbonyl (C=O) groups is 1. The predicted molar refractivity (Wildman–Crippen MR) is 93.1 cm³/mol. The van der Waals surface area contributed by atoms with E-state index in [0.717, 1.165) is 16.2 Å². The molecule has 1 unspecified atom stereocenters. The average molecular weight is 338 g/mol. The number of carboxylic acid groups (broad SMARTS) is 1. The fourth-order valence-electron chi connectivity index (χ4n) is 2.67. The van der Waals surface area contributed by atoms with Crippen LogP contribution in [0.25, 0.3) is 0 Å². The third-order valence-corrected chi connectivity index (χ3v) is 4.98. The Balaban J connectivity index is 2.61. The topological polar surface area (TPSA) is 49.3 Å². The van der Waals surface area contributed by atoms with Crippen molar-refractivity contribution in [3.05, 3.63) is 56.7 Å². The molecule has 2 N–H and O–H groups in total. The molecule has 0 amide bonds. The van der Waals surface area contributed by atoms with Crippen molar-refractivity contribution in [1.29, 1.82) is 0 Å². The average Bonchev–Trinajstić information content (AvgIpc) is 2.40. The number of aliphatic carboxylic acids is 1. The highest BCUT2D eigenvalue weighted by molar-refractivity contribution is 8.03. The smallest absolute Gasteiger partial charge is 0.334 e. The standard InChI is InChI=1S/C17H20ClNO2S/c1-9(2)22-16-11(4)19-10(3)14(17(20)21)15(16)12-6-5-7-13(18)8-12/h5-9,15,19H,1-4H3,(H,20,21). The number of benzene rings is 1. The minimum Gasteiger partial charge on any atom is -0.478 e. The fourth-order valence-corrected chi connectivity index (χ4v) is 4.00. The van der Waals surface area contributed by atoms with Gasteiger partial charge in [-0.05, 0) is 31.5 Å². The second kappa shape index (κ2) is 6.80. The Morgan fingerprint density at radius 2 is 2.00 bits per heavy atom. The summed E-state index contributed by atoms with van der Waals surface area (Å²) in [5, 5.41) is 13.9. The van der Waals surface area contributed by atoms with Crippen molar-refractivity contribution in [2.75, 3.05) is 0 Å². The van der Waals surface area contributed by atoms with Crippen LogP contribution in [0.2, 0.25) is 5.02 Å². The van der Waals surface area contributed by atoms with Crippen LogP contribution >= 0.6 is 23.4 Å². The first-order valence-corrected chi connectivity index (χ1v) is 8.41. The molecule has 1 heterocycles. The molecule has 0 aliphatic carbocycles. The number of hydrogen-bond acceptors (Lipinski definition) is 3. The van der Waals surface area contributed by atoms with Gasteiger partial charge in [0.15, 0.2) is 0 Å². The van der Waals surface area contributed by atoms with E-state index in [0.29, 0.717) is 21.5 Å². The van der Waals surface area contributed by atoms with E-state index in [-0.39, 0.29) is 5.92 Å². The molecule has 0 aromatic heterocycles. The number of thioether (sulfide) groups is 1. The number of nitrogens with one attached hydrogen (secondary N) is 1. The summed E-state index contributed by atoms with van der Waals surface area (Å²) in [5.41, 5.74) is 2.98. The molecule has 0 radical (unpaired) electrons. The maximum atomic E-state index is 11.8. The molecule has 0 bridgehead atoms. The first-order valence-electron chi connectivity index (χ1n) is 7.15. The van der Waals surface area contributed by atoms with Crippen LogP contribution in [-0.2, 0) is 4.79 Å². The van der Waals surface area contributed by atoms with Crippen LogP contribution in [0.1, 0.15) is 39.2 Å². The minimum absolute atomic E-state index is 0.287. The van der Waals surface area contributed by atoms with Crippen molar-refractivity contribution in [2.24, 2.45) is 0 Å². The van der Waals surface area contributed by atoms with Crippen LogP contribution in [0.5, 0.6) is 0 Å². The molecule has 22 heavy (non-hydrogen) atoms. The van der Waals surface area contributed by atoms with E-state index in [4.69, 9.17) is 11.6 Å². The zero-order valence-corrected chi connectivity index (χ0v) is 14.7. The lowest BCUT2D eigenvalue weighted by molar-refractivity contribution is -0.133. The van der Waals surface area contributed by atoms with Crippen LogP contribution in [0.3, 0.4) is 0 Å². The Labute approximate surface area is 140 Å². The second-order valence-corrected chi connectivity index (χ2v) is 7.67. The Morgan fingerprint density at radius 3 is 2.55 bits per heavy atom. The largest absolute Gasteiger partial charge is 0.478 e. The van der Waals surface area contributed by atoms with Gasteiger partial charge >= 0.3 is 5.97 Å². The normalized spacial score (nSPS) is 18.7. The summed E-state index contributed by atoms with van der Waals surface area (Å²) in [5.74, 6) is -1.19. The van der Waals surface area contributed by atoms with Crippen LogP contribution in [0.15, 0.2) is 46.1 Å². The molecule has 1 atom stereocenters. The van der Waals surface area contributed by atoms with Crippen molar-refractivity contribution in [3.8, 4) is 0 Å². The summed E-state index contributed by atoms with van der Waals surface area (Å²) in [4.78, 5) is 12.9. The zero-order chi connectivity index (χ0) is 16.4. The predicted octanol–water partition coefficient (Wildman–Crippen LogP) is 4.76. The minimum atomic E-state index is -0.899. The SMILES string of the molecule is CC1=C(SC(C)C)C(c2cccc(Cl)c2)C(C(=O)O)=C(C)N1. The van der Waals surface area contributed by atoms with Gasteiger partial charge in [0.1, 0.15) is 0 Å². The number of rotatable bonds is 4. The summed E-state index contributed by atoms with van der Waals surface area (Å²) in [6.07, 6.45) is 0. The van der Waals surface area contributed by atoms with Gasteiger partial charge in [0.25, 0.3) is 0 Å². The van der Waals surface area contributed by atoms with Gasteiger partial charge in [-0.1, -0.05) is 37.6 Å². The van der Waals surface area contributed by atoms with Gasteiger partial charge in [0, 0.05) is 26.6 Å². The van der Waals surface area contributed by atoms with Gasteiger partial charge in [0.2, 0.25) is 0 Å². The molecule has 0 saturated carbocycles. The first-order chi connectivity index (χ1) is 10.3. The number of dihydropyridines is 1. The number of halogens is 1. The molecule has 3 nitrogen and oxygen atoms in total. The summed E-state index contributed by atoms with van der Waals surface area (Å²) in [7, 11) is 0. The second-order valence-electron chi connectivity index (χ2n) is 5.61. The number of allylic oxidation sites excluding steroid dienone is 3. The lowest BCUT2D eigenvalue weighted by Crippen LogP contribution is -2.27. The molecule has 118 valence electrons. The van der Waals surface area contributed by atoms with E-state index < -0.39 is 5.97 Å². The van der Waals surface area contributed by atoms with Gasteiger partial charge < -0.3 is 10.4 Å². The van der Waals surface area contributed by atoms with Crippen LogP contribution in [0.4, 0.5) is 0 Å². The van der Waals surface area contributed by atoms with E-state index >= 15 is 0 Å². The van der Waals surface area contributed by atoms with Crippen LogP contribution in [-0.4, -0.2) is 16.3 Å². The summed E-state index contributed by atoms with van der Waals surface area (Å²) >= 11 is 7.81. The van der Waals surface area contributed by atoms with E-state index in [1.807, 2.05) is 25.1 Å². The Morgan fingerprint density at radius 1 is 1.32 bits per heavy atom. The molecule has 0 fully saturated rings. The molecule has 1 aliphatic heterocycles. The highest BCUT2D eigenvalue weighted by atomic mass is 35.5. The summed E-state index contributed by atoms with van der Waals surface area (Å²) < 4.78 is 0. The molecule has 1 aliphatic rings. The van der Waals surface area contributed by atoms with Crippen molar-refractivity contribution in [1.82, 2.24) is 5.32 Å². The van der Waals surface area contributed by atoms with Crippen molar-refractivity contribution in [2.45, 2.75) is 38.9 Å². The molecule has 1 aromatic carbocycles. The molecule has 1 aromatic rings. The van der Waals surface area contributed by atoms with E-state index in [1.165, 1.54) is 0 Å². The maximum Gasteiger partial charge on any atom is 0.334 e. The van der Waals surface area contributed by atoms with Crippen LogP contribution in [0, 0.1) is 0 Å². The van der Waals surface area contributed by atoms with Gasteiger partial charge in [0.05, 0.1) is 11.5 Å². The third kappa shape index (κ3) is 3.50. The van der Waals surface area contributed by atoms with E-state index in [1.54, 1.807) is 24.8 Å². The van der Waals surface area contributed by atoms with Crippen molar-refractivity contribution >= 4 is 29.3 Å². The quantitative estimate of drug-likeness (QED) is 0.831. The van der Waals surface area contributed by atoms with E-state index in [9.17, 15) is 9.90 Å². The molecule has 5 heteroatoms. The van der Waals surface area contributed by atoms with Crippen LogP contribution < -0.4 is 5.32 Å². The summed E-state index contributed by atoms with van der Waals surface area (Å²) in [6, 6.07) is 7.45. The zero-order valence-electron chi connectivity index (χ0n) is 13.1. The van der Waals surface area contributed by atoms with Gasteiger partial charge in [-0.3, -0.25) is 0 Å². The monoisotopic (exact) mass is 337 g/mol. The van der Waals surface area contributed by atoms with E-state index in [2.05, 4.69) is 19.2 Å². The molecular weight excluding hydrogens is 318 g/mol. The molecule has 0 saturated heterocycles. The highest BCUT2D eigenvalue weighted by Gasteiger charge is 2.33. The lowest BCUT2D eigenvalue weighted by atomic mass is 9.86. The number of carboxylic acids is 1. The Bertz CT molecular complexity index is 664. The molecule has 2 rings (SSSR count). The van der Waals surface area contributed by atoms with Crippen molar-refractivity contribution < 1.29 is 9.90 Å². The van der Waals surface area contributed by atoms with Gasteiger partial charge in [-0.2, -0.15) is 0 Å². The number of hydrogen-bond donors (Lipinski definition) is 2. The maximum absolute atomic E-state index is 11.8. The third-order valence-electron chi connectivity index (χ3n) is 3.47. The molecular formula is C17H20ClNO2S. The fraction of sp³-hybridized carbons (Fsp3) is 0.353. The van der Waals surface area contributed by atoms with Gasteiger partial charge in [-0.25, -0.2) is 4.79 Å². The molecule has 0 spiro atoms. The van der Waals surface area contributed by atoms with Crippen molar-refractivity contribution in [3.63, 3.8) is 0 Å². The van der Waals surface area contributed by atoms with Gasteiger partial charge in [-0.15, -0.1) is 11.8 Å².